The fourth-order valence-corrected chi connectivity index (χ4v) is 3.77. The first-order valence-corrected chi connectivity index (χ1v) is 8.65. The molecule has 1 rings (SSSR count). The van der Waals surface area contributed by atoms with Crippen LogP contribution in [0.5, 0.6) is 0 Å². The molecule has 1 nitrogen and oxygen atoms in total. The van der Waals surface area contributed by atoms with E-state index < -0.39 is 0 Å². The SMILES string of the molecule is C=C/C=C\C(C)CCN(C)C1C(C)C=CC=CC1SC=C. The minimum absolute atomic E-state index is 0.469. The summed E-state index contributed by atoms with van der Waals surface area (Å²) >= 11 is 1.82. The fourth-order valence-electron chi connectivity index (χ4n) is 2.75. The topological polar surface area (TPSA) is 3.24 Å². The molecule has 0 aliphatic heterocycles. The number of hydrogen-bond acceptors (Lipinski definition) is 2. The Morgan fingerprint density at radius 3 is 2.67 bits per heavy atom. The predicted molar refractivity (Wildman–Crippen MR) is 98.6 cm³/mol. The molecule has 0 aromatic heterocycles. The largest absolute Gasteiger partial charge is 0.301 e. The van der Waals surface area contributed by atoms with Crippen molar-refractivity contribution in [2.45, 2.75) is 31.6 Å². The third-order valence-electron chi connectivity index (χ3n) is 3.98. The summed E-state index contributed by atoms with van der Waals surface area (Å²) in [6.45, 7) is 13.3. The van der Waals surface area contributed by atoms with E-state index in [2.05, 4.69) is 69.3 Å². The Hall–Kier alpha value is -0.990. The lowest BCUT2D eigenvalue weighted by molar-refractivity contribution is 0.203. The summed E-state index contributed by atoms with van der Waals surface area (Å²) in [7, 11) is 2.24. The Morgan fingerprint density at radius 2 is 2.00 bits per heavy atom. The molecule has 4 atom stereocenters. The fraction of sp³-hybridized carbons (Fsp3) is 0.474. The summed E-state index contributed by atoms with van der Waals surface area (Å²) < 4.78 is 0. The monoisotopic (exact) mass is 303 g/mol. The summed E-state index contributed by atoms with van der Waals surface area (Å²) in [4.78, 5) is 2.50. The molecule has 0 saturated heterocycles. The molecular weight excluding hydrogens is 274 g/mol. The van der Waals surface area contributed by atoms with E-state index in [9.17, 15) is 0 Å². The van der Waals surface area contributed by atoms with Crippen LogP contribution in [0.3, 0.4) is 0 Å². The van der Waals surface area contributed by atoms with Crippen LogP contribution < -0.4 is 0 Å². The van der Waals surface area contributed by atoms with Crippen LogP contribution in [-0.2, 0) is 0 Å². The summed E-state index contributed by atoms with van der Waals surface area (Å²) in [5.74, 6) is 1.13. The van der Waals surface area contributed by atoms with E-state index in [-0.39, 0.29) is 0 Å². The molecule has 21 heavy (non-hydrogen) atoms. The minimum Gasteiger partial charge on any atom is -0.301 e. The van der Waals surface area contributed by atoms with Crippen LogP contribution in [0.2, 0.25) is 0 Å². The van der Waals surface area contributed by atoms with E-state index in [4.69, 9.17) is 0 Å². The first kappa shape index (κ1) is 18.1. The molecular formula is C19H29NS. The molecule has 0 heterocycles. The molecule has 4 unspecified atom stereocenters. The lowest BCUT2D eigenvalue weighted by atomic mass is 9.97. The second-order valence-corrected chi connectivity index (χ2v) is 6.90. The average molecular weight is 304 g/mol. The normalized spacial score (nSPS) is 27.0. The number of thioether (sulfide) groups is 1. The zero-order valence-electron chi connectivity index (χ0n) is 13.6. The Balaban J connectivity index is 2.66. The van der Waals surface area contributed by atoms with Gasteiger partial charge in [0.1, 0.15) is 0 Å². The van der Waals surface area contributed by atoms with Crippen molar-refractivity contribution in [1.82, 2.24) is 4.90 Å². The Kier molecular flexibility index (Phi) is 8.48. The molecule has 0 fully saturated rings. The number of hydrogen-bond donors (Lipinski definition) is 0. The molecule has 116 valence electrons. The van der Waals surface area contributed by atoms with Crippen molar-refractivity contribution < 1.29 is 0 Å². The molecule has 0 aromatic carbocycles. The van der Waals surface area contributed by atoms with Crippen molar-refractivity contribution in [3.8, 4) is 0 Å². The van der Waals surface area contributed by atoms with Gasteiger partial charge in [0.15, 0.2) is 0 Å². The van der Waals surface area contributed by atoms with Gasteiger partial charge in [0, 0.05) is 11.3 Å². The Bertz CT molecular complexity index is 408. The van der Waals surface area contributed by atoms with Crippen molar-refractivity contribution in [3.05, 3.63) is 61.1 Å². The Morgan fingerprint density at radius 1 is 1.29 bits per heavy atom. The van der Waals surface area contributed by atoms with Gasteiger partial charge >= 0.3 is 0 Å². The highest BCUT2D eigenvalue weighted by Gasteiger charge is 2.28. The molecule has 0 amide bonds. The van der Waals surface area contributed by atoms with E-state index in [0.717, 1.165) is 6.54 Å². The van der Waals surface area contributed by atoms with Crippen LogP contribution >= 0.6 is 11.8 Å². The van der Waals surface area contributed by atoms with E-state index in [1.807, 2.05) is 29.3 Å². The van der Waals surface area contributed by atoms with Gasteiger partial charge < -0.3 is 4.90 Å². The second kappa shape index (κ2) is 9.86. The van der Waals surface area contributed by atoms with Gasteiger partial charge in [-0.15, -0.1) is 11.8 Å². The lowest BCUT2D eigenvalue weighted by Gasteiger charge is -2.35. The molecule has 0 spiro atoms. The highest BCUT2D eigenvalue weighted by molar-refractivity contribution is 8.02. The van der Waals surface area contributed by atoms with E-state index in [0.29, 0.717) is 23.1 Å². The van der Waals surface area contributed by atoms with Crippen LogP contribution in [-0.4, -0.2) is 29.8 Å². The third-order valence-corrected chi connectivity index (χ3v) is 4.92. The van der Waals surface area contributed by atoms with Crippen LogP contribution in [0.25, 0.3) is 0 Å². The quantitative estimate of drug-likeness (QED) is 0.576. The van der Waals surface area contributed by atoms with Gasteiger partial charge in [-0.2, -0.15) is 0 Å². The van der Waals surface area contributed by atoms with Crippen molar-refractivity contribution in [1.29, 1.82) is 0 Å². The maximum absolute atomic E-state index is 3.88. The number of nitrogens with zero attached hydrogens (tertiary/aromatic N) is 1. The first-order chi connectivity index (χ1) is 10.1. The van der Waals surface area contributed by atoms with Crippen LogP contribution in [0.15, 0.2) is 61.1 Å². The van der Waals surface area contributed by atoms with E-state index >= 15 is 0 Å². The molecule has 0 saturated carbocycles. The molecule has 2 heteroatoms. The summed E-state index contributed by atoms with van der Waals surface area (Å²) in [6.07, 6.45) is 16.2. The van der Waals surface area contributed by atoms with Gasteiger partial charge in [-0.25, -0.2) is 0 Å². The molecule has 0 N–H and O–H groups in total. The predicted octanol–water partition coefficient (Wildman–Crippen LogP) is 5.06. The summed E-state index contributed by atoms with van der Waals surface area (Å²) in [5, 5.41) is 2.43. The molecule has 1 aliphatic rings. The van der Waals surface area contributed by atoms with E-state index in [1.165, 1.54) is 6.42 Å². The van der Waals surface area contributed by atoms with Gasteiger partial charge in [0.2, 0.25) is 0 Å². The van der Waals surface area contributed by atoms with Gasteiger partial charge in [0.05, 0.1) is 0 Å². The lowest BCUT2D eigenvalue weighted by Crippen LogP contribution is -2.43. The number of allylic oxidation sites excluding steroid dienone is 5. The van der Waals surface area contributed by atoms with Gasteiger partial charge in [-0.05, 0) is 37.3 Å². The van der Waals surface area contributed by atoms with Crippen molar-refractivity contribution in [3.63, 3.8) is 0 Å². The Labute approximate surface area is 135 Å². The first-order valence-electron chi connectivity index (χ1n) is 7.71. The highest BCUT2D eigenvalue weighted by atomic mass is 32.2. The maximum Gasteiger partial charge on any atom is 0.0432 e. The second-order valence-electron chi connectivity index (χ2n) is 5.75. The number of rotatable bonds is 8. The standard InChI is InChI=1S/C19H29NS/c1-6-8-11-16(3)14-15-20(5)19-17(4)12-9-10-13-18(19)21-7-2/h6-13,16-19H,1-2,14-15H2,3-5H3/b11-8-. The zero-order chi connectivity index (χ0) is 15.7. The smallest absolute Gasteiger partial charge is 0.0432 e. The average Bonchev–Trinajstić information content (AvgIpc) is 2.64. The van der Waals surface area contributed by atoms with Crippen LogP contribution in [0.1, 0.15) is 20.3 Å². The van der Waals surface area contributed by atoms with Gasteiger partial charge in [0.25, 0.3) is 0 Å². The minimum atomic E-state index is 0.469. The van der Waals surface area contributed by atoms with Gasteiger partial charge in [-0.3, -0.25) is 0 Å². The molecule has 0 aromatic rings. The maximum atomic E-state index is 3.88. The summed E-state index contributed by atoms with van der Waals surface area (Å²) in [5.41, 5.74) is 0. The van der Waals surface area contributed by atoms with Crippen LogP contribution in [0.4, 0.5) is 0 Å². The van der Waals surface area contributed by atoms with Crippen molar-refractivity contribution in [2.75, 3.05) is 13.6 Å². The van der Waals surface area contributed by atoms with E-state index in [1.54, 1.807) is 0 Å². The zero-order valence-corrected chi connectivity index (χ0v) is 14.4. The van der Waals surface area contributed by atoms with Crippen molar-refractivity contribution >= 4 is 11.8 Å². The molecule has 0 bridgehead atoms. The third kappa shape index (κ3) is 6.11. The van der Waals surface area contributed by atoms with Crippen LogP contribution in [0, 0.1) is 11.8 Å². The molecule has 0 radical (unpaired) electrons. The van der Waals surface area contributed by atoms with Crippen molar-refractivity contribution in [2.24, 2.45) is 11.8 Å². The summed E-state index contributed by atoms with van der Waals surface area (Å²) in [6, 6.07) is 0.513. The molecule has 1 aliphatic carbocycles. The highest BCUT2D eigenvalue weighted by Crippen LogP contribution is 2.28. The van der Waals surface area contributed by atoms with Gasteiger partial charge in [-0.1, -0.05) is 69.5 Å².